The molecule has 0 aliphatic heterocycles. The largest absolute Gasteiger partial charge is 0.492 e. The van der Waals surface area contributed by atoms with Crippen LogP contribution in [0.5, 0.6) is 5.75 Å². The molecule has 5 heteroatoms. The maximum atomic E-state index is 9.08. The zero-order valence-corrected chi connectivity index (χ0v) is 14.7. The van der Waals surface area contributed by atoms with E-state index < -0.39 is 0 Å². The number of benzene rings is 2. The van der Waals surface area contributed by atoms with E-state index in [1.807, 2.05) is 37.3 Å². The first kappa shape index (κ1) is 15.9. The van der Waals surface area contributed by atoms with Crippen molar-refractivity contribution in [3.63, 3.8) is 0 Å². The van der Waals surface area contributed by atoms with Crippen LogP contribution in [0.1, 0.15) is 18.1 Å². The van der Waals surface area contributed by atoms with Crippen LogP contribution in [0, 0.1) is 11.3 Å². The maximum Gasteiger partial charge on any atom is 0.147 e. The van der Waals surface area contributed by atoms with Gasteiger partial charge in [-0.2, -0.15) is 5.26 Å². The molecule has 3 nitrogen and oxygen atoms in total. The molecule has 0 spiro atoms. The molecule has 21 heavy (non-hydrogen) atoms. The van der Waals surface area contributed by atoms with E-state index in [4.69, 9.17) is 10.00 Å². The van der Waals surface area contributed by atoms with Gasteiger partial charge in [0.1, 0.15) is 11.8 Å². The van der Waals surface area contributed by atoms with E-state index >= 15 is 0 Å². The fraction of sp³-hybridized carbons (Fsp3) is 0.188. The second-order valence-corrected chi connectivity index (χ2v) is 6.04. The topological polar surface area (TPSA) is 45.0 Å². The summed E-state index contributed by atoms with van der Waals surface area (Å²) in [6, 6.07) is 13.7. The minimum atomic E-state index is 0.615. The fourth-order valence-electron chi connectivity index (χ4n) is 1.93. The van der Waals surface area contributed by atoms with E-state index in [-0.39, 0.29) is 0 Å². The molecule has 0 aromatic heterocycles. The van der Waals surface area contributed by atoms with Crippen molar-refractivity contribution >= 4 is 37.5 Å². The van der Waals surface area contributed by atoms with Gasteiger partial charge in [0.25, 0.3) is 0 Å². The minimum Gasteiger partial charge on any atom is -0.492 e. The molecule has 0 saturated heterocycles. The number of nitriles is 1. The van der Waals surface area contributed by atoms with Crippen molar-refractivity contribution in [3.05, 3.63) is 56.5 Å². The lowest BCUT2D eigenvalue weighted by Crippen LogP contribution is -2.02. The van der Waals surface area contributed by atoms with Gasteiger partial charge < -0.3 is 10.1 Å². The van der Waals surface area contributed by atoms with Crippen molar-refractivity contribution in [1.29, 1.82) is 5.26 Å². The molecular weight excluding hydrogens is 396 g/mol. The van der Waals surface area contributed by atoms with Crippen LogP contribution in [0.3, 0.4) is 0 Å². The van der Waals surface area contributed by atoms with Crippen molar-refractivity contribution in [3.8, 4) is 11.8 Å². The van der Waals surface area contributed by atoms with Gasteiger partial charge in [0.05, 0.1) is 26.8 Å². The molecule has 0 unspecified atom stereocenters. The highest BCUT2D eigenvalue weighted by Crippen LogP contribution is 2.35. The summed E-state index contributed by atoms with van der Waals surface area (Å²) in [6.45, 7) is 3.19. The second-order valence-electron chi connectivity index (χ2n) is 4.33. The number of halogens is 2. The number of rotatable bonds is 5. The van der Waals surface area contributed by atoms with Crippen LogP contribution < -0.4 is 10.1 Å². The number of hydrogen-bond donors (Lipinski definition) is 1. The highest BCUT2D eigenvalue weighted by atomic mass is 79.9. The van der Waals surface area contributed by atoms with Crippen molar-refractivity contribution in [2.45, 2.75) is 13.5 Å². The quantitative estimate of drug-likeness (QED) is 0.747. The lowest BCUT2D eigenvalue weighted by molar-refractivity contribution is 0.336. The molecule has 0 heterocycles. The van der Waals surface area contributed by atoms with E-state index in [1.54, 1.807) is 6.07 Å². The van der Waals surface area contributed by atoms with Gasteiger partial charge in [-0.25, -0.2) is 0 Å². The molecule has 0 aliphatic carbocycles. The standard InChI is InChI=1S/C16H14Br2N2O/c1-2-21-16-13(17)7-11(8-14(16)18)10-20-15-6-4-3-5-12(15)9-19/h3-8,20H,2,10H2,1H3. The maximum absolute atomic E-state index is 9.08. The molecule has 0 fully saturated rings. The Morgan fingerprint density at radius 3 is 2.48 bits per heavy atom. The van der Waals surface area contributed by atoms with Gasteiger partial charge in [0.15, 0.2) is 0 Å². The van der Waals surface area contributed by atoms with Crippen LogP contribution in [0.25, 0.3) is 0 Å². The summed E-state index contributed by atoms with van der Waals surface area (Å²) in [4.78, 5) is 0. The molecule has 0 aliphatic rings. The molecule has 2 aromatic rings. The lowest BCUT2D eigenvalue weighted by Gasteiger charge is -2.12. The van der Waals surface area contributed by atoms with Crippen molar-refractivity contribution < 1.29 is 4.74 Å². The Kier molecular flexibility index (Phi) is 5.66. The summed E-state index contributed by atoms with van der Waals surface area (Å²) in [5.74, 6) is 0.804. The van der Waals surface area contributed by atoms with Gasteiger partial charge in [0, 0.05) is 6.54 Å². The van der Waals surface area contributed by atoms with Crippen LogP contribution >= 0.6 is 31.9 Å². The van der Waals surface area contributed by atoms with E-state index in [9.17, 15) is 0 Å². The van der Waals surface area contributed by atoms with E-state index in [0.29, 0.717) is 18.7 Å². The van der Waals surface area contributed by atoms with Gasteiger partial charge >= 0.3 is 0 Å². The minimum absolute atomic E-state index is 0.615. The van der Waals surface area contributed by atoms with E-state index in [0.717, 1.165) is 25.9 Å². The number of para-hydroxylation sites is 1. The monoisotopic (exact) mass is 408 g/mol. The van der Waals surface area contributed by atoms with Gasteiger partial charge in [-0.15, -0.1) is 0 Å². The first-order valence-corrected chi connectivity index (χ1v) is 8.08. The van der Waals surface area contributed by atoms with Crippen LogP contribution in [-0.2, 0) is 6.54 Å². The van der Waals surface area contributed by atoms with E-state index in [2.05, 4.69) is 43.2 Å². The summed E-state index contributed by atoms with van der Waals surface area (Å²) >= 11 is 7.04. The Morgan fingerprint density at radius 1 is 1.19 bits per heavy atom. The summed E-state index contributed by atoms with van der Waals surface area (Å²) < 4.78 is 7.38. The number of ether oxygens (including phenoxy) is 1. The molecule has 0 atom stereocenters. The number of nitrogens with one attached hydrogen (secondary N) is 1. The molecule has 2 rings (SSSR count). The first-order chi connectivity index (χ1) is 10.2. The number of anilines is 1. The Morgan fingerprint density at radius 2 is 1.86 bits per heavy atom. The third-order valence-corrected chi connectivity index (χ3v) is 4.06. The lowest BCUT2D eigenvalue weighted by atomic mass is 10.1. The van der Waals surface area contributed by atoms with Crippen molar-refractivity contribution in [1.82, 2.24) is 0 Å². The molecule has 0 saturated carbocycles. The molecule has 2 aromatic carbocycles. The van der Waals surface area contributed by atoms with Gasteiger partial charge in [-0.3, -0.25) is 0 Å². The van der Waals surface area contributed by atoms with Crippen LogP contribution in [0.15, 0.2) is 45.3 Å². The zero-order chi connectivity index (χ0) is 15.2. The molecule has 0 radical (unpaired) electrons. The molecule has 0 bridgehead atoms. The van der Waals surface area contributed by atoms with Gasteiger partial charge in [-0.1, -0.05) is 12.1 Å². The molecular formula is C16H14Br2N2O. The summed E-state index contributed by atoms with van der Waals surface area (Å²) in [5.41, 5.74) is 2.56. The Bertz CT molecular complexity index is 657. The highest BCUT2D eigenvalue weighted by molar-refractivity contribution is 9.11. The number of hydrogen-bond acceptors (Lipinski definition) is 3. The van der Waals surface area contributed by atoms with Crippen LogP contribution in [-0.4, -0.2) is 6.61 Å². The SMILES string of the molecule is CCOc1c(Br)cc(CNc2ccccc2C#N)cc1Br. The predicted molar refractivity (Wildman–Crippen MR) is 91.5 cm³/mol. The average molecular weight is 410 g/mol. The molecule has 0 amide bonds. The third kappa shape index (κ3) is 3.99. The van der Waals surface area contributed by atoms with Crippen molar-refractivity contribution in [2.24, 2.45) is 0 Å². The Balaban J connectivity index is 2.16. The fourth-order valence-corrected chi connectivity index (χ4v) is 3.44. The van der Waals surface area contributed by atoms with Crippen LogP contribution in [0.2, 0.25) is 0 Å². The average Bonchev–Trinajstić information content (AvgIpc) is 2.49. The van der Waals surface area contributed by atoms with Crippen LogP contribution in [0.4, 0.5) is 5.69 Å². The highest BCUT2D eigenvalue weighted by Gasteiger charge is 2.09. The Labute approximate surface area is 141 Å². The number of nitrogens with zero attached hydrogens (tertiary/aromatic N) is 1. The molecule has 108 valence electrons. The zero-order valence-electron chi connectivity index (χ0n) is 11.5. The molecule has 1 N–H and O–H groups in total. The predicted octanol–water partition coefficient (Wildman–Crippen LogP) is 5.09. The van der Waals surface area contributed by atoms with Crippen molar-refractivity contribution in [2.75, 3.05) is 11.9 Å². The third-order valence-electron chi connectivity index (χ3n) is 2.88. The first-order valence-electron chi connectivity index (χ1n) is 6.49. The van der Waals surface area contributed by atoms with Gasteiger partial charge in [-0.05, 0) is 68.6 Å². The second kappa shape index (κ2) is 7.48. The summed E-state index contributed by atoms with van der Waals surface area (Å²) in [7, 11) is 0. The van der Waals surface area contributed by atoms with E-state index in [1.165, 1.54) is 0 Å². The normalized spacial score (nSPS) is 10.0. The van der Waals surface area contributed by atoms with Gasteiger partial charge in [0.2, 0.25) is 0 Å². The summed E-state index contributed by atoms with van der Waals surface area (Å²) in [6.07, 6.45) is 0. The Hall–Kier alpha value is -1.51. The summed E-state index contributed by atoms with van der Waals surface area (Å²) in [5, 5.41) is 12.4. The smallest absolute Gasteiger partial charge is 0.147 e.